The molecule has 0 bridgehead atoms. The molecular weight excluding hydrogens is 374 g/mol. The third-order valence-electron chi connectivity index (χ3n) is 5.30. The molecule has 6 nitrogen and oxygen atoms in total. The molecule has 3 rings (SSSR count). The molecule has 2 N–H and O–H groups in total. The van der Waals surface area contributed by atoms with Crippen LogP contribution in [-0.2, 0) is 10.0 Å². The maximum Gasteiger partial charge on any atom is 0.253 e. The molecule has 26 heavy (non-hydrogen) atoms. The monoisotopic (exact) mass is 401 g/mol. The van der Waals surface area contributed by atoms with Gasteiger partial charge in [0.15, 0.2) is 0 Å². The van der Waals surface area contributed by atoms with E-state index in [1.165, 1.54) is 6.07 Å². The second-order valence-corrected chi connectivity index (χ2v) is 8.83. The first kappa shape index (κ1) is 21.2. The Balaban J connectivity index is 0.00000243. The van der Waals surface area contributed by atoms with E-state index in [9.17, 15) is 13.2 Å². The van der Waals surface area contributed by atoms with Gasteiger partial charge in [0.2, 0.25) is 10.0 Å². The fourth-order valence-corrected chi connectivity index (χ4v) is 5.26. The summed E-state index contributed by atoms with van der Waals surface area (Å²) in [6.45, 7) is 3.45. The lowest BCUT2D eigenvalue weighted by Gasteiger charge is -2.24. The summed E-state index contributed by atoms with van der Waals surface area (Å²) >= 11 is 0. The van der Waals surface area contributed by atoms with Crippen LogP contribution in [0, 0.1) is 6.92 Å². The molecule has 8 heteroatoms. The van der Waals surface area contributed by atoms with Crippen molar-refractivity contribution in [2.45, 2.75) is 56.0 Å². The number of halogens is 1. The largest absolute Gasteiger partial charge is 0.337 e. The molecule has 1 aliphatic heterocycles. The first-order valence-corrected chi connectivity index (χ1v) is 10.5. The van der Waals surface area contributed by atoms with E-state index >= 15 is 0 Å². The van der Waals surface area contributed by atoms with Gasteiger partial charge in [-0.25, -0.2) is 13.1 Å². The van der Waals surface area contributed by atoms with Gasteiger partial charge in [-0.1, -0.05) is 18.9 Å². The summed E-state index contributed by atoms with van der Waals surface area (Å²) < 4.78 is 28.3. The number of carbonyl (C=O) groups excluding carboxylic acids is 1. The van der Waals surface area contributed by atoms with Crippen molar-refractivity contribution in [3.8, 4) is 0 Å². The maximum atomic E-state index is 12.8. The van der Waals surface area contributed by atoms with Crippen LogP contribution in [0.2, 0.25) is 0 Å². The molecule has 1 unspecified atom stereocenters. The number of benzene rings is 1. The van der Waals surface area contributed by atoms with E-state index in [0.29, 0.717) is 11.1 Å². The molecule has 146 valence electrons. The highest BCUT2D eigenvalue weighted by Crippen LogP contribution is 2.23. The number of likely N-dealkylation sites (N-methyl/N-ethyl adjacent to an activating group) is 1. The maximum absolute atomic E-state index is 12.8. The smallest absolute Gasteiger partial charge is 0.253 e. The van der Waals surface area contributed by atoms with Gasteiger partial charge >= 0.3 is 0 Å². The standard InChI is InChI=1S/C18H27N3O3S.ClH/c1-13-7-8-14(18(22)21(2)16-9-10-19-12-16)11-17(13)25(23,24)20-15-5-3-4-6-15;/h7-8,11,15-16,19-20H,3-6,9-10,12H2,1-2H3;1H. The minimum absolute atomic E-state index is 0. The zero-order valence-electron chi connectivity index (χ0n) is 15.3. The van der Waals surface area contributed by atoms with E-state index in [0.717, 1.165) is 45.2 Å². The van der Waals surface area contributed by atoms with Crippen LogP contribution in [0.15, 0.2) is 23.1 Å². The van der Waals surface area contributed by atoms with Gasteiger partial charge in [0, 0.05) is 31.2 Å². The van der Waals surface area contributed by atoms with Crippen LogP contribution in [0.1, 0.15) is 48.0 Å². The number of nitrogens with zero attached hydrogens (tertiary/aromatic N) is 1. The van der Waals surface area contributed by atoms with Crippen molar-refractivity contribution in [1.29, 1.82) is 0 Å². The van der Waals surface area contributed by atoms with Crippen molar-refractivity contribution in [2.24, 2.45) is 0 Å². The minimum atomic E-state index is -3.61. The van der Waals surface area contributed by atoms with Crippen molar-refractivity contribution in [3.05, 3.63) is 29.3 Å². The third kappa shape index (κ3) is 4.57. The topological polar surface area (TPSA) is 78.5 Å². The summed E-state index contributed by atoms with van der Waals surface area (Å²) in [6.07, 6.45) is 4.81. The van der Waals surface area contributed by atoms with Crippen LogP contribution in [0.25, 0.3) is 0 Å². The SMILES string of the molecule is Cc1ccc(C(=O)N(C)C2CCNC2)cc1S(=O)(=O)NC1CCCC1.Cl. The quantitative estimate of drug-likeness (QED) is 0.791. The minimum Gasteiger partial charge on any atom is -0.337 e. The number of nitrogens with one attached hydrogen (secondary N) is 2. The Kier molecular flexibility index (Phi) is 7.07. The van der Waals surface area contributed by atoms with E-state index in [4.69, 9.17) is 0 Å². The molecule has 0 radical (unpaired) electrons. The molecule has 2 aliphatic rings. The lowest BCUT2D eigenvalue weighted by atomic mass is 10.1. The van der Waals surface area contributed by atoms with Crippen molar-refractivity contribution in [3.63, 3.8) is 0 Å². The molecule has 1 aromatic rings. The Morgan fingerprint density at radius 2 is 1.92 bits per heavy atom. The Labute approximate surface area is 162 Å². The molecule has 1 saturated heterocycles. The highest BCUT2D eigenvalue weighted by molar-refractivity contribution is 7.89. The lowest BCUT2D eigenvalue weighted by molar-refractivity contribution is 0.0743. The molecule has 0 aromatic heterocycles. The van der Waals surface area contributed by atoms with Gasteiger partial charge < -0.3 is 10.2 Å². The highest BCUT2D eigenvalue weighted by atomic mass is 35.5. The summed E-state index contributed by atoms with van der Waals surface area (Å²) in [5.41, 5.74) is 1.08. The fourth-order valence-electron chi connectivity index (χ4n) is 3.69. The predicted molar refractivity (Wildman–Crippen MR) is 104 cm³/mol. The summed E-state index contributed by atoms with van der Waals surface area (Å²) in [7, 11) is -1.83. The van der Waals surface area contributed by atoms with E-state index in [1.807, 2.05) is 0 Å². The van der Waals surface area contributed by atoms with Gasteiger partial charge in [-0.15, -0.1) is 12.4 Å². The zero-order valence-corrected chi connectivity index (χ0v) is 17.0. The Bertz CT molecular complexity index is 742. The van der Waals surface area contributed by atoms with Crippen LogP contribution >= 0.6 is 12.4 Å². The number of amides is 1. The molecule has 1 aromatic carbocycles. The van der Waals surface area contributed by atoms with Gasteiger partial charge in [-0.2, -0.15) is 0 Å². The van der Waals surface area contributed by atoms with E-state index < -0.39 is 10.0 Å². The predicted octanol–water partition coefficient (Wildman–Crippen LogP) is 2.07. The second-order valence-electron chi connectivity index (χ2n) is 7.15. The number of hydrogen-bond donors (Lipinski definition) is 2. The third-order valence-corrected chi connectivity index (χ3v) is 6.97. The molecule has 1 aliphatic carbocycles. The van der Waals surface area contributed by atoms with Gasteiger partial charge in [0.1, 0.15) is 0 Å². The Morgan fingerprint density at radius 3 is 2.54 bits per heavy atom. The number of carbonyl (C=O) groups is 1. The molecule has 2 fully saturated rings. The van der Waals surface area contributed by atoms with Gasteiger partial charge in [0.05, 0.1) is 4.90 Å². The normalized spacial score (nSPS) is 20.8. The fraction of sp³-hybridized carbons (Fsp3) is 0.611. The first-order chi connectivity index (χ1) is 11.9. The van der Waals surface area contributed by atoms with Crippen LogP contribution in [0.4, 0.5) is 0 Å². The molecule has 1 saturated carbocycles. The molecule has 1 amide bonds. The summed E-state index contributed by atoms with van der Waals surface area (Å²) in [5, 5.41) is 3.24. The van der Waals surface area contributed by atoms with E-state index in [-0.39, 0.29) is 35.3 Å². The van der Waals surface area contributed by atoms with Crippen molar-refractivity contribution >= 4 is 28.3 Å². The van der Waals surface area contributed by atoms with Crippen LogP contribution in [0.3, 0.4) is 0 Å². The molecule has 1 heterocycles. The number of aryl methyl sites for hydroxylation is 1. The van der Waals surface area contributed by atoms with Crippen LogP contribution in [-0.4, -0.2) is 51.4 Å². The van der Waals surface area contributed by atoms with E-state index in [1.54, 1.807) is 31.0 Å². The summed E-state index contributed by atoms with van der Waals surface area (Å²) in [4.78, 5) is 14.7. The Hall–Kier alpha value is -1.15. The first-order valence-electron chi connectivity index (χ1n) is 8.99. The van der Waals surface area contributed by atoms with Crippen molar-refractivity contribution in [2.75, 3.05) is 20.1 Å². The molecule has 0 spiro atoms. The summed E-state index contributed by atoms with van der Waals surface area (Å²) in [6, 6.07) is 5.12. The molecule has 1 atom stereocenters. The lowest BCUT2D eigenvalue weighted by Crippen LogP contribution is -2.38. The Morgan fingerprint density at radius 1 is 1.23 bits per heavy atom. The van der Waals surface area contributed by atoms with Crippen molar-refractivity contribution < 1.29 is 13.2 Å². The zero-order chi connectivity index (χ0) is 18.0. The second kappa shape index (κ2) is 8.69. The van der Waals surface area contributed by atoms with Gasteiger partial charge in [0.25, 0.3) is 5.91 Å². The van der Waals surface area contributed by atoms with Crippen LogP contribution < -0.4 is 10.0 Å². The number of rotatable bonds is 5. The molecular formula is C18H28ClN3O3S. The average Bonchev–Trinajstić information content (AvgIpc) is 3.27. The summed E-state index contributed by atoms with van der Waals surface area (Å²) in [5.74, 6) is -0.133. The highest BCUT2D eigenvalue weighted by Gasteiger charge is 2.27. The number of sulfonamides is 1. The average molecular weight is 402 g/mol. The van der Waals surface area contributed by atoms with Crippen LogP contribution in [0.5, 0.6) is 0 Å². The number of hydrogen-bond acceptors (Lipinski definition) is 4. The van der Waals surface area contributed by atoms with E-state index in [2.05, 4.69) is 10.0 Å². The van der Waals surface area contributed by atoms with Gasteiger partial charge in [-0.3, -0.25) is 4.79 Å². The van der Waals surface area contributed by atoms with Crippen molar-refractivity contribution in [1.82, 2.24) is 14.9 Å². The van der Waals surface area contributed by atoms with Gasteiger partial charge in [-0.05, 0) is 50.4 Å².